The summed E-state index contributed by atoms with van der Waals surface area (Å²) in [6.45, 7) is 13.6. The molecule has 0 spiro atoms. The van der Waals surface area contributed by atoms with Gasteiger partial charge in [-0.1, -0.05) is 44.5 Å². The van der Waals surface area contributed by atoms with E-state index in [2.05, 4.69) is 28.0 Å². The number of cyclic esters (lactones) is 1. The van der Waals surface area contributed by atoms with Gasteiger partial charge in [0.1, 0.15) is 23.7 Å². The van der Waals surface area contributed by atoms with Crippen molar-refractivity contribution in [3.8, 4) is 0 Å². The number of rotatable bonds is 8. The van der Waals surface area contributed by atoms with Gasteiger partial charge < -0.3 is 29.7 Å². The Balaban J connectivity index is 1.28. The van der Waals surface area contributed by atoms with Crippen LogP contribution in [-0.2, 0) is 58.1 Å². The zero-order valence-electron chi connectivity index (χ0n) is 32.5. The van der Waals surface area contributed by atoms with Crippen molar-refractivity contribution in [1.82, 2.24) is 25.2 Å². The zero-order chi connectivity index (χ0) is 39.9. The highest BCUT2D eigenvalue weighted by Crippen LogP contribution is 2.45. The Morgan fingerprint density at radius 3 is 2.51 bits per heavy atom. The summed E-state index contributed by atoms with van der Waals surface area (Å²) in [5.41, 5.74) is 0.635. The Bertz CT molecular complexity index is 1820. The lowest BCUT2D eigenvalue weighted by Gasteiger charge is -2.31. The van der Waals surface area contributed by atoms with E-state index >= 15 is 0 Å². The Morgan fingerprint density at radius 1 is 1.11 bits per heavy atom. The summed E-state index contributed by atoms with van der Waals surface area (Å²) in [6.07, 6.45) is 3.41. The van der Waals surface area contributed by atoms with Gasteiger partial charge in [0.15, 0.2) is 0 Å². The van der Waals surface area contributed by atoms with Crippen LogP contribution in [0.4, 0.5) is 9.59 Å². The number of sulfonamides is 1. The molecule has 4 bridgehead atoms. The molecule has 16 heteroatoms. The van der Waals surface area contributed by atoms with Gasteiger partial charge in [-0.15, -0.1) is 6.58 Å². The molecule has 6 rings (SSSR count). The number of hydrogen-bond acceptors (Lipinski definition) is 10. The van der Waals surface area contributed by atoms with E-state index < -0.39 is 80.4 Å². The maximum absolute atomic E-state index is 14.5. The Morgan fingerprint density at radius 2 is 1.84 bits per heavy atom. The molecule has 3 heterocycles. The number of carbonyl (C=O) groups excluding carboxylic acids is 5. The topological polar surface area (TPSA) is 190 Å². The monoisotopic (exact) mass is 785 g/mol. The van der Waals surface area contributed by atoms with Gasteiger partial charge in [0.25, 0.3) is 5.91 Å². The summed E-state index contributed by atoms with van der Waals surface area (Å²) in [7, 11) is -3.93. The van der Waals surface area contributed by atoms with Crippen LogP contribution in [0.1, 0.15) is 96.3 Å². The van der Waals surface area contributed by atoms with Crippen molar-refractivity contribution >= 4 is 39.9 Å². The lowest BCUT2D eigenvalue weighted by molar-refractivity contribution is -0.143. The smallest absolute Gasteiger partial charge is 0.410 e. The third-order valence-corrected chi connectivity index (χ3v) is 12.9. The fourth-order valence-corrected chi connectivity index (χ4v) is 8.97. The highest BCUT2D eigenvalue weighted by atomic mass is 32.2. The SMILES string of the molecule is C=C[C@@H]1C[C@]1(NC(=O)[C@@H]1C[C@@H]2CN1C(=O)[C@H](COC(C)(C)C)NC(=O)OCC(C)(C)CCCCc1cccc3c1CN(C3)C(=O)O2)C(=O)NS(=O)(=O)C1CC1. The largest absolute Gasteiger partial charge is 0.449 e. The second-order valence-corrected chi connectivity index (χ2v) is 19.4. The summed E-state index contributed by atoms with van der Waals surface area (Å²) >= 11 is 0. The molecule has 0 aromatic heterocycles. The summed E-state index contributed by atoms with van der Waals surface area (Å²) < 4.78 is 45.1. The van der Waals surface area contributed by atoms with E-state index in [0.29, 0.717) is 25.9 Å². The molecule has 1 aromatic rings. The average Bonchev–Trinajstić information content (AvgIpc) is 4.00. The van der Waals surface area contributed by atoms with Gasteiger partial charge in [-0.3, -0.25) is 24.0 Å². The molecule has 2 aliphatic carbocycles. The highest BCUT2D eigenvalue weighted by Gasteiger charge is 2.62. The van der Waals surface area contributed by atoms with Gasteiger partial charge >= 0.3 is 12.2 Å². The van der Waals surface area contributed by atoms with Crippen molar-refractivity contribution in [3.05, 3.63) is 47.5 Å². The van der Waals surface area contributed by atoms with Crippen molar-refractivity contribution in [2.45, 2.75) is 134 Å². The number of nitrogens with one attached hydrogen (secondary N) is 3. The Kier molecular flexibility index (Phi) is 11.3. The second-order valence-electron chi connectivity index (χ2n) is 17.4. The molecule has 5 aliphatic rings. The van der Waals surface area contributed by atoms with E-state index in [1.165, 1.54) is 11.0 Å². The van der Waals surface area contributed by atoms with Gasteiger partial charge in [0.05, 0.1) is 30.6 Å². The first-order chi connectivity index (χ1) is 25.8. The zero-order valence-corrected chi connectivity index (χ0v) is 33.3. The Labute approximate surface area is 323 Å². The summed E-state index contributed by atoms with van der Waals surface area (Å²) in [6, 6.07) is 3.51. The molecular formula is C39H55N5O10S. The minimum Gasteiger partial charge on any atom is -0.449 e. The van der Waals surface area contributed by atoms with Crippen LogP contribution in [0.25, 0.3) is 0 Å². The number of fused-ring (bicyclic) bond motifs is 3. The van der Waals surface area contributed by atoms with Crippen molar-refractivity contribution in [2.24, 2.45) is 11.3 Å². The van der Waals surface area contributed by atoms with Crippen LogP contribution in [0.2, 0.25) is 0 Å². The molecule has 55 heavy (non-hydrogen) atoms. The molecule has 3 N–H and O–H groups in total. The van der Waals surface area contributed by atoms with Crippen molar-refractivity contribution in [1.29, 1.82) is 0 Å². The first-order valence-corrected chi connectivity index (χ1v) is 20.8. The van der Waals surface area contributed by atoms with Gasteiger partial charge in [0.2, 0.25) is 21.8 Å². The number of nitrogens with zero attached hydrogens (tertiary/aromatic N) is 2. The summed E-state index contributed by atoms with van der Waals surface area (Å²) in [5, 5.41) is 4.72. The van der Waals surface area contributed by atoms with Crippen LogP contribution in [0.5, 0.6) is 0 Å². The molecule has 0 unspecified atom stereocenters. The van der Waals surface area contributed by atoms with E-state index in [1.54, 1.807) is 25.7 Å². The summed E-state index contributed by atoms with van der Waals surface area (Å²) in [4.78, 5) is 72.0. The highest BCUT2D eigenvalue weighted by molar-refractivity contribution is 7.91. The predicted octanol–water partition coefficient (Wildman–Crippen LogP) is 3.44. The molecule has 15 nitrogen and oxygen atoms in total. The lowest BCUT2D eigenvalue weighted by atomic mass is 9.87. The second kappa shape index (κ2) is 15.4. The minimum atomic E-state index is -3.93. The molecule has 3 aliphatic heterocycles. The molecule has 2 saturated carbocycles. The maximum Gasteiger partial charge on any atom is 0.410 e. The van der Waals surface area contributed by atoms with Gasteiger partial charge in [-0.25, -0.2) is 18.0 Å². The molecule has 1 aromatic carbocycles. The molecule has 5 amide bonds. The lowest BCUT2D eigenvalue weighted by Crippen LogP contribution is -2.59. The molecule has 1 saturated heterocycles. The average molecular weight is 786 g/mol. The number of amides is 5. The van der Waals surface area contributed by atoms with Crippen LogP contribution >= 0.6 is 0 Å². The first-order valence-electron chi connectivity index (χ1n) is 19.2. The molecule has 5 atom stereocenters. The van der Waals surface area contributed by atoms with E-state index in [1.807, 2.05) is 26.0 Å². The van der Waals surface area contributed by atoms with Crippen LogP contribution < -0.4 is 15.4 Å². The van der Waals surface area contributed by atoms with Crippen LogP contribution in [0.3, 0.4) is 0 Å². The van der Waals surface area contributed by atoms with Crippen molar-refractivity contribution in [2.75, 3.05) is 19.8 Å². The minimum absolute atomic E-state index is 0.105. The predicted molar refractivity (Wildman–Crippen MR) is 201 cm³/mol. The van der Waals surface area contributed by atoms with Crippen LogP contribution in [0.15, 0.2) is 30.9 Å². The van der Waals surface area contributed by atoms with Crippen LogP contribution in [0, 0.1) is 11.3 Å². The number of benzene rings is 1. The van der Waals surface area contributed by atoms with Gasteiger partial charge in [0, 0.05) is 25.4 Å². The van der Waals surface area contributed by atoms with Gasteiger partial charge in [-0.05, 0) is 81.4 Å². The fourth-order valence-electron chi connectivity index (χ4n) is 7.61. The molecule has 0 radical (unpaired) electrons. The third kappa shape index (κ3) is 9.45. The number of ether oxygens (including phenoxy) is 3. The van der Waals surface area contributed by atoms with Crippen molar-refractivity contribution in [3.63, 3.8) is 0 Å². The number of aryl methyl sites for hydroxylation is 1. The molecule has 3 fully saturated rings. The third-order valence-electron chi connectivity index (χ3n) is 11.1. The fraction of sp³-hybridized carbons (Fsp3) is 0.667. The van der Waals surface area contributed by atoms with E-state index in [4.69, 9.17) is 14.2 Å². The molecular weight excluding hydrogens is 731 g/mol. The number of hydrogen-bond donors (Lipinski definition) is 3. The summed E-state index contributed by atoms with van der Waals surface area (Å²) in [5.74, 6) is -2.86. The van der Waals surface area contributed by atoms with Gasteiger partial charge in [-0.2, -0.15) is 0 Å². The van der Waals surface area contributed by atoms with E-state index in [0.717, 1.165) is 42.4 Å². The van der Waals surface area contributed by atoms with Crippen molar-refractivity contribution < 1.29 is 46.6 Å². The maximum atomic E-state index is 14.5. The molecule has 302 valence electrons. The number of alkyl carbamates (subject to hydrolysis) is 1. The van der Waals surface area contributed by atoms with E-state index in [-0.39, 0.29) is 38.0 Å². The first kappa shape index (κ1) is 40.5. The quantitative estimate of drug-likeness (QED) is 0.330. The Hall–Kier alpha value is -4.18. The van der Waals surface area contributed by atoms with E-state index in [9.17, 15) is 32.4 Å². The normalized spacial score (nSPS) is 28.7. The standard InChI is InChI=1S/C39H55N5O10S/c1-7-26-18-39(26,34(47)42-55(50,51)28-14-15-28)41-32(45)31-17-27-20-44(31)33(46)30(22-53-37(2,3)4)40-35(48)52-23-38(5,6)16-9-8-11-24-12-10-13-25-19-43(21-29(24)25)36(49)54-27/h7,10,12-13,26-28,30-31H,1,8-9,11,14-23H2,2-6H3,(H,40,48)(H,41,45)(H,42,47)/t26-,27-,30+,31+,39-/m1/s1. The van der Waals surface area contributed by atoms with Crippen LogP contribution in [-0.4, -0.2) is 102 Å². The number of carbonyl (C=O) groups is 5.